The first-order valence-corrected chi connectivity index (χ1v) is 10.8. The third-order valence-electron chi connectivity index (χ3n) is 5.29. The average Bonchev–Trinajstić information content (AvgIpc) is 3.29. The molecule has 0 unspecified atom stereocenters. The molecule has 2 amide bonds. The van der Waals surface area contributed by atoms with E-state index in [9.17, 15) is 4.79 Å². The highest BCUT2D eigenvalue weighted by Crippen LogP contribution is 2.33. The number of carbonyl (C=O) groups excluding carboxylic acids is 1. The van der Waals surface area contributed by atoms with E-state index in [1.165, 1.54) is 0 Å². The fourth-order valence-corrected chi connectivity index (χ4v) is 3.77. The van der Waals surface area contributed by atoms with Gasteiger partial charge in [-0.2, -0.15) is 0 Å². The summed E-state index contributed by atoms with van der Waals surface area (Å²) in [5, 5.41) is 3.49. The molecule has 0 fully saturated rings. The number of anilines is 1. The predicted molar refractivity (Wildman–Crippen MR) is 127 cm³/mol. The molecule has 0 saturated carbocycles. The minimum absolute atomic E-state index is 0.205. The summed E-state index contributed by atoms with van der Waals surface area (Å²) < 4.78 is 21.6. The van der Waals surface area contributed by atoms with Gasteiger partial charge < -0.3 is 29.2 Å². The van der Waals surface area contributed by atoms with E-state index < -0.39 is 0 Å². The Kier molecular flexibility index (Phi) is 7.10. The van der Waals surface area contributed by atoms with E-state index in [4.69, 9.17) is 30.5 Å². The van der Waals surface area contributed by atoms with Crippen LogP contribution < -0.4 is 24.3 Å². The lowest BCUT2D eigenvalue weighted by atomic mass is 10.1. The number of carbonyl (C=O) groups is 1. The van der Waals surface area contributed by atoms with E-state index in [0.29, 0.717) is 53.2 Å². The largest absolute Gasteiger partial charge is 0.493 e. The van der Waals surface area contributed by atoms with Gasteiger partial charge in [0, 0.05) is 23.8 Å². The number of hydrogen-bond donors (Lipinski definition) is 1. The fourth-order valence-electron chi connectivity index (χ4n) is 3.58. The SMILES string of the molecule is COc1ccc(CCN(Cc2ccc3c(c2)OCO3)C(=O)Nc2cccc(Cl)c2)cc1OC. The number of nitrogens with one attached hydrogen (secondary N) is 1. The van der Waals surface area contributed by atoms with Crippen LogP contribution in [-0.4, -0.2) is 38.5 Å². The molecule has 0 spiro atoms. The van der Waals surface area contributed by atoms with E-state index >= 15 is 0 Å². The molecule has 8 heteroatoms. The second-order valence-corrected chi connectivity index (χ2v) is 7.93. The van der Waals surface area contributed by atoms with Gasteiger partial charge in [-0.15, -0.1) is 0 Å². The Labute approximate surface area is 197 Å². The van der Waals surface area contributed by atoms with E-state index in [-0.39, 0.29) is 12.8 Å². The quantitative estimate of drug-likeness (QED) is 0.481. The van der Waals surface area contributed by atoms with Crippen molar-refractivity contribution in [3.8, 4) is 23.0 Å². The smallest absolute Gasteiger partial charge is 0.322 e. The van der Waals surface area contributed by atoms with Crippen LogP contribution in [0.3, 0.4) is 0 Å². The molecular formula is C25H25ClN2O5. The van der Waals surface area contributed by atoms with Gasteiger partial charge in [0.15, 0.2) is 23.0 Å². The molecule has 0 radical (unpaired) electrons. The molecule has 0 bridgehead atoms. The van der Waals surface area contributed by atoms with Crippen molar-refractivity contribution in [1.82, 2.24) is 4.90 Å². The first kappa shape index (κ1) is 22.6. The number of rotatable bonds is 8. The molecule has 0 aliphatic carbocycles. The predicted octanol–water partition coefficient (Wildman–Crippen LogP) is 5.36. The Balaban J connectivity index is 1.52. The number of halogens is 1. The molecule has 1 aliphatic rings. The van der Waals surface area contributed by atoms with Crippen molar-refractivity contribution in [2.75, 3.05) is 32.9 Å². The molecule has 0 aromatic heterocycles. The highest BCUT2D eigenvalue weighted by Gasteiger charge is 2.18. The lowest BCUT2D eigenvalue weighted by molar-refractivity contribution is 0.174. The van der Waals surface area contributed by atoms with Crippen molar-refractivity contribution in [3.05, 3.63) is 76.8 Å². The van der Waals surface area contributed by atoms with E-state index in [1.54, 1.807) is 43.4 Å². The van der Waals surface area contributed by atoms with Crippen LogP contribution in [0.4, 0.5) is 10.5 Å². The summed E-state index contributed by atoms with van der Waals surface area (Å²) in [5.41, 5.74) is 2.60. The minimum Gasteiger partial charge on any atom is -0.493 e. The van der Waals surface area contributed by atoms with Crippen molar-refractivity contribution in [2.45, 2.75) is 13.0 Å². The molecule has 3 aromatic carbocycles. The minimum atomic E-state index is -0.226. The maximum atomic E-state index is 13.2. The molecule has 3 aromatic rings. The van der Waals surface area contributed by atoms with Gasteiger partial charge in [-0.25, -0.2) is 4.79 Å². The van der Waals surface area contributed by atoms with Crippen molar-refractivity contribution < 1.29 is 23.7 Å². The number of urea groups is 1. The normalized spacial score (nSPS) is 11.7. The average molecular weight is 469 g/mol. The molecule has 0 atom stereocenters. The fraction of sp³-hybridized carbons (Fsp3) is 0.240. The van der Waals surface area contributed by atoms with Gasteiger partial charge in [-0.3, -0.25) is 0 Å². The van der Waals surface area contributed by atoms with Gasteiger partial charge in [0.2, 0.25) is 6.79 Å². The second-order valence-electron chi connectivity index (χ2n) is 7.49. The Morgan fingerprint density at radius 1 is 0.970 bits per heavy atom. The lowest BCUT2D eigenvalue weighted by Crippen LogP contribution is -2.36. The Morgan fingerprint density at radius 3 is 2.55 bits per heavy atom. The third kappa shape index (κ3) is 5.62. The first-order valence-electron chi connectivity index (χ1n) is 10.5. The second kappa shape index (κ2) is 10.4. The highest BCUT2D eigenvalue weighted by atomic mass is 35.5. The zero-order valence-electron chi connectivity index (χ0n) is 18.5. The summed E-state index contributed by atoms with van der Waals surface area (Å²) in [5.74, 6) is 2.71. The Bertz CT molecular complexity index is 1140. The van der Waals surface area contributed by atoms with E-state index in [2.05, 4.69) is 5.32 Å². The maximum Gasteiger partial charge on any atom is 0.322 e. The molecule has 172 valence electrons. The number of methoxy groups -OCH3 is 2. The molecule has 33 heavy (non-hydrogen) atoms. The maximum absolute atomic E-state index is 13.2. The van der Waals surface area contributed by atoms with E-state index in [1.807, 2.05) is 36.4 Å². The van der Waals surface area contributed by atoms with Crippen LogP contribution in [0.25, 0.3) is 0 Å². The lowest BCUT2D eigenvalue weighted by Gasteiger charge is -2.24. The van der Waals surface area contributed by atoms with Gasteiger partial charge >= 0.3 is 6.03 Å². The van der Waals surface area contributed by atoms with Crippen LogP contribution >= 0.6 is 11.6 Å². The summed E-state index contributed by atoms with van der Waals surface area (Å²) >= 11 is 6.07. The molecule has 4 rings (SSSR count). The molecule has 1 N–H and O–H groups in total. The third-order valence-corrected chi connectivity index (χ3v) is 5.53. The number of benzene rings is 3. The van der Waals surface area contributed by atoms with Gasteiger partial charge in [-0.1, -0.05) is 29.8 Å². The first-order chi connectivity index (χ1) is 16.1. The van der Waals surface area contributed by atoms with Crippen molar-refractivity contribution in [2.24, 2.45) is 0 Å². The summed E-state index contributed by atoms with van der Waals surface area (Å²) in [4.78, 5) is 14.9. The molecule has 1 heterocycles. The van der Waals surface area contributed by atoms with Gasteiger partial charge in [0.25, 0.3) is 0 Å². The van der Waals surface area contributed by atoms with Gasteiger partial charge in [0.1, 0.15) is 0 Å². The monoisotopic (exact) mass is 468 g/mol. The van der Waals surface area contributed by atoms with Crippen LogP contribution in [0.15, 0.2) is 60.7 Å². The number of hydrogen-bond acceptors (Lipinski definition) is 5. The summed E-state index contributed by atoms with van der Waals surface area (Å²) in [6.45, 7) is 1.09. The number of ether oxygens (including phenoxy) is 4. The van der Waals surface area contributed by atoms with Gasteiger partial charge in [0.05, 0.1) is 14.2 Å². The van der Waals surface area contributed by atoms with Crippen LogP contribution in [0.2, 0.25) is 5.02 Å². The number of nitrogens with zero attached hydrogens (tertiary/aromatic N) is 1. The van der Waals surface area contributed by atoms with Crippen LogP contribution in [0.5, 0.6) is 23.0 Å². The molecule has 7 nitrogen and oxygen atoms in total. The molecular weight excluding hydrogens is 444 g/mol. The Hall–Kier alpha value is -3.58. The zero-order valence-corrected chi connectivity index (χ0v) is 19.2. The summed E-state index contributed by atoms with van der Waals surface area (Å²) in [7, 11) is 3.21. The summed E-state index contributed by atoms with van der Waals surface area (Å²) in [6, 6.07) is 18.3. The summed E-state index contributed by atoms with van der Waals surface area (Å²) in [6.07, 6.45) is 0.633. The van der Waals surface area contributed by atoms with Crippen LogP contribution in [0.1, 0.15) is 11.1 Å². The van der Waals surface area contributed by atoms with Crippen molar-refractivity contribution in [1.29, 1.82) is 0 Å². The standard InChI is InChI=1S/C25H25ClN2O5/c1-30-21-8-6-17(12-23(21)31-2)10-11-28(25(29)27-20-5-3-4-19(26)14-20)15-18-7-9-22-24(13-18)33-16-32-22/h3-9,12-14H,10-11,15-16H2,1-2H3,(H,27,29). The zero-order chi connectivity index (χ0) is 23.2. The highest BCUT2D eigenvalue weighted by molar-refractivity contribution is 6.30. The van der Waals surface area contributed by atoms with E-state index in [0.717, 1.165) is 11.1 Å². The number of amides is 2. The van der Waals surface area contributed by atoms with Crippen LogP contribution in [0, 0.1) is 0 Å². The van der Waals surface area contributed by atoms with Crippen LogP contribution in [-0.2, 0) is 13.0 Å². The Morgan fingerprint density at radius 2 is 1.76 bits per heavy atom. The van der Waals surface area contributed by atoms with Crippen molar-refractivity contribution in [3.63, 3.8) is 0 Å². The topological polar surface area (TPSA) is 69.3 Å². The number of fused-ring (bicyclic) bond motifs is 1. The molecule has 0 saturated heterocycles. The van der Waals surface area contributed by atoms with Crippen molar-refractivity contribution >= 4 is 23.3 Å². The van der Waals surface area contributed by atoms with Gasteiger partial charge in [-0.05, 0) is 60.0 Å². The molecule has 1 aliphatic heterocycles.